The van der Waals surface area contributed by atoms with Crippen molar-refractivity contribution >= 4 is 0 Å². The van der Waals surface area contributed by atoms with Crippen molar-refractivity contribution in [1.29, 1.82) is 0 Å². The number of nitrogens with zero attached hydrogens (tertiary/aromatic N) is 1. The smallest absolute Gasteiger partial charge is 0.173 e. The van der Waals surface area contributed by atoms with Crippen LogP contribution in [0.3, 0.4) is 0 Å². The molecule has 2 saturated heterocycles. The maximum absolute atomic E-state index is 6.15. The van der Waals surface area contributed by atoms with E-state index in [9.17, 15) is 0 Å². The summed E-state index contributed by atoms with van der Waals surface area (Å²) in [7, 11) is 4.04. The van der Waals surface area contributed by atoms with Gasteiger partial charge in [0.2, 0.25) is 0 Å². The molecular formula is C23H31NO3. The quantitative estimate of drug-likeness (QED) is 0.707. The number of likely N-dealkylation sites (tertiary alicyclic amines) is 1. The largest absolute Gasteiger partial charge is 0.497 e. The molecule has 3 aliphatic carbocycles. The maximum Gasteiger partial charge on any atom is 0.173 e. The lowest BCUT2D eigenvalue weighted by Crippen LogP contribution is -2.61. The number of fused-ring (bicyclic) bond motifs is 2. The Morgan fingerprint density at radius 2 is 1.93 bits per heavy atom. The Labute approximate surface area is 162 Å². The van der Waals surface area contributed by atoms with Crippen molar-refractivity contribution < 1.29 is 14.2 Å². The third-order valence-electron chi connectivity index (χ3n) is 7.48. The predicted molar refractivity (Wildman–Crippen MR) is 105 cm³/mol. The zero-order valence-corrected chi connectivity index (χ0v) is 17.0. The SMILES string of the molecule is CC.COc1ccc2c(c1)C13CC4(CC=C1C1N(C)CC1(C2)C3)OCCO4. The molecule has 2 bridgehead atoms. The van der Waals surface area contributed by atoms with Crippen LogP contribution in [0.25, 0.3) is 0 Å². The third-order valence-corrected chi connectivity index (χ3v) is 7.48. The van der Waals surface area contributed by atoms with Gasteiger partial charge in [-0.1, -0.05) is 26.0 Å². The number of rotatable bonds is 1. The molecule has 2 aliphatic heterocycles. The zero-order valence-electron chi connectivity index (χ0n) is 17.0. The van der Waals surface area contributed by atoms with Gasteiger partial charge in [0.25, 0.3) is 0 Å². The Morgan fingerprint density at radius 1 is 1.15 bits per heavy atom. The molecule has 1 saturated carbocycles. The van der Waals surface area contributed by atoms with E-state index in [2.05, 4.69) is 36.2 Å². The molecule has 4 nitrogen and oxygen atoms in total. The van der Waals surface area contributed by atoms with Crippen molar-refractivity contribution in [3.05, 3.63) is 41.0 Å². The van der Waals surface area contributed by atoms with Crippen molar-refractivity contribution in [3.8, 4) is 5.75 Å². The van der Waals surface area contributed by atoms with Gasteiger partial charge in [-0.3, -0.25) is 4.90 Å². The first-order chi connectivity index (χ1) is 13.1. The molecule has 2 heterocycles. The van der Waals surface area contributed by atoms with Crippen LogP contribution in [-0.2, 0) is 21.3 Å². The fourth-order valence-corrected chi connectivity index (χ4v) is 6.92. The van der Waals surface area contributed by atoms with E-state index >= 15 is 0 Å². The molecule has 27 heavy (non-hydrogen) atoms. The predicted octanol–water partition coefficient (Wildman–Crippen LogP) is 3.68. The lowest BCUT2D eigenvalue weighted by Gasteiger charge is -2.54. The van der Waals surface area contributed by atoms with E-state index in [-0.39, 0.29) is 5.41 Å². The van der Waals surface area contributed by atoms with Crippen LogP contribution in [0.5, 0.6) is 5.75 Å². The van der Waals surface area contributed by atoms with E-state index < -0.39 is 5.79 Å². The van der Waals surface area contributed by atoms with Gasteiger partial charge in [-0.15, -0.1) is 0 Å². The van der Waals surface area contributed by atoms with E-state index in [1.54, 1.807) is 12.7 Å². The molecular weight excluding hydrogens is 338 g/mol. The Morgan fingerprint density at radius 3 is 2.63 bits per heavy atom. The highest BCUT2D eigenvalue weighted by atomic mass is 16.7. The number of hydrogen-bond acceptors (Lipinski definition) is 4. The minimum atomic E-state index is -0.412. The summed E-state index contributed by atoms with van der Waals surface area (Å²) in [5, 5.41) is 0. The molecule has 1 aromatic carbocycles. The van der Waals surface area contributed by atoms with Crippen LogP contribution in [0.2, 0.25) is 0 Å². The van der Waals surface area contributed by atoms with E-state index in [0.29, 0.717) is 11.5 Å². The standard InChI is InChI=1S/C21H25NO3.C2H6/c1-22-13-19-10-14-3-4-15(23-2)9-17(14)20(11-19)12-21(24-7-8-25-21)6-5-16(20)18(19)22;1-2/h3-5,9,18H,6-8,10-13H2,1-2H3;1-2H3. The highest BCUT2D eigenvalue weighted by Crippen LogP contribution is 2.69. The normalized spacial score (nSPS) is 37.3. The number of methoxy groups -OCH3 is 1. The van der Waals surface area contributed by atoms with Gasteiger partial charge in [-0.05, 0) is 48.7 Å². The van der Waals surface area contributed by atoms with E-state index in [0.717, 1.165) is 31.8 Å². The van der Waals surface area contributed by atoms with E-state index in [1.165, 1.54) is 30.5 Å². The Balaban J connectivity index is 0.000000777. The van der Waals surface area contributed by atoms with Crippen molar-refractivity contribution in [1.82, 2.24) is 4.90 Å². The van der Waals surface area contributed by atoms with Gasteiger partial charge in [-0.25, -0.2) is 0 Å². The number of ether oxygens (including phenoxy) is 3. The topological polar surface area (TPSA) is 30.9 Å². The fraction of sp³-hybridized carbons (Fsp3) is 0.652. The first kappa shape index (κ1) is 17.7. The molecule has 3 fully saturated rings. The minimum Gasteiger partial charge on any atom is -0.497 e. The van der Waals surface area contributed by atoms with Gasteiger partial charge in [0.05, 0.1) is 20.3 Å². The fourth-order valence-electron chi connectivity index (χ4n) is 6.92. The summed E-state index contributed by atoms with van der Waals surface area (Å²) in [6, 6.07) is 7.30. The van der Waals surface area contributed by atoms with Crippen molar-refractivity contribution in [2.24, 2.45) is 5.41 Å². The molecule has 0 radical (unpaired) electrons. The van der Waals surface area contributed by atoms with Crippen molar-refractivity contribution in [3.63, 3.8) is 0 Å². The second-order valence-electron chi connectivity index (χ2n) is 8.79. The number of hydrogen-bond donors (Lipinski definition) is 0. The molecule has 1 aromatic rings. The van der Waals surface area contributed by atoms with Crippen LogP contribution in [0.4, 0.5) is 0 Å². The van der Waals surface area contributed by atoms with Crippen LogP contribution in [0.1, 0.15) is 44.2 Å². The lowest BCUT2D eigenvalue weighted by molar-refractivity contribution is -0.172. The van der Waals surface area contributed by atoms with Gasteiger partial charge >= 0.3 is 0 Å². The summed E-state index contributed by atoms with van der Waals surface area (Å²) in [5.74, 6) is 0.550. The van der Waals surface area contributed by atoms with Gasteiger partial charge in [-0.2, -0.15) is 0 Å². The first-order valence-electron chi connectivity index (χ1n) is 10.5. The maximum atomic E-state index is 6.15. The van der Waals surface area contributed by atoms with Gasteiger partial charge in [0.1, 0.15) is 5.75 Å². The van der Waals surface area contributed by atoms with Gasteiger partial charge in [0.15, 0.2) is 5.79 Å². The summed E-state index contributed by atoms with van der Waals surface area (Å²) >= 11 is 0. The molecule has 4 heteroatoms. The molecule has 3 atom stereocenters. The molecule has 146 valence electrons. The van der Waals surface area contributed by atoms with Crippen LogP contribution in [0.15, 0.2) is 29.8 Å². The first-order valence-corrected chi connectivity index (χ1v) is 10.5. The number of benzene rings is 1. The molecule has 0 aromatic heterocycles. The average Bonchev–Trinajstić information content (AvgIpc) is 3.19. The van der Waals surface area contributed by atoms with Gasteiger partial charge in [0, 0.05) is 36.3 Å². The summed E-state index contributed by atoms with van der Waals surface area (Å²) < 4.78 is 17.9. The Bertz CT molecular complexity index is 797. The average molecular weight is 370 g/mol. The molecule has 0 N–H and O–H groups in total. The summed E-state index contributed by atoms with van der Waals surface area (Å²) in [5.41, 5.74) is 5.05. The summed E-state index contributed by atoms with van der Waals surface area (Å²) in [4.78, 5) is 2.55. The summed E-state index contributed by atoms with van der Waals surface area (Å²) in [6.07, 6.45) is 6.73. The molecule has 5 aliphatic rings. The van der Waals surface area contributed by atoms with Gasteiger partial charge < -0.3 is 14.2 Å². The minimum absolute atomic E-state index is 0.0557. The zero-order chi connectivity index (χ0) is 18.9. The van der Waals surface area contributed by atoms with Crippen LogP contribution in [0, 0.1) is 5.41 Å². The third kappa shape index (κ3) is 2.15. The second kappa shape index (κ2) is 5.82. The van der Waals surface area contributed by atoms with E-state index in [4.69, 9.17) is 14.2 Å². The van der Waals surface area contributed by atoms with E-state index in [1.807, 2.05) is 13.8 Å². The molecule has 6 rings (SSSR count). The number of likely N-dealkylation sites (N-methyl/N-ethyl adjacent to an activating group) is 1. The Hall–Kier alpha value is -1.36. The monoisotopic (exact) mass is 369 g/mol. The highest BCUT2D eigenvalue weighted by Gasteiger charge is 2.70. The summed E-state index contributed by atoms with van der Waals surface area (Å²) in [6.45, 7) is 6.65. The molecule has 0 amide bonds. The second-order valence-corrected chi connectivity index (χ2v) is 8.79. The van der Waals surface area contributed by atoms with Crippen LogP contribution < -0.4 is 4.74 Å². The Kier molecular flexibility index (Phi) is 3.82. The highest BCUT2D eigenvalue weighted by molar-refractivity contribution is 5.57. The molecule has 3 spiro atoms. The van der Waals surface area contributed by atoms with Crippen molar-refractivity contribution in [2.75, 3.05) is 33.9 Å². The molecule has 3 unspecified atom stereocenters. The van der Waals surface area contributed by atoms with Crippen molar-refractivity contribution in [2.45, 2.75) is 56.8 Å². The van der Waals surface area contributed by atoms with Crippen LogP contribution in [-0.4, -0.2) is 50.6 Å². The van der Waals surface area contributed by atoms with Crippen LogP contribution >= 0.6 is 0 Å². The lowest BCUT2D eigenvalue weighted by atomic mass is 9.60.